The minimum absolute atomic E-state index is 0.359. The molecule has 1 fully saturated rings. The molecule has 0 amide bonds. The lowest BCUT2D eigenvalue weighted by Gasteiger charge is -2.25. The molecule has 0 atom stereocenters. The number of rotatable bonds is 5. The monoisotopic (exact) mass is 415 g/mol. The molecule has 0 radical (unpaired) electrons. The van der Waals surface area contributed by atoms with Gasteiger partial charge in [0.25, 0.3) is 10.0 Å². The average molecular weight is 416 g/mol. The molecule has 9 heteroatoms. The van der Waals surface area contributed by atoms with Crippen LogP contribution < -0.4 is 5.32 Å². The van der Waals surface area contributed by atoms with E-state index >= 15 is 0 Å². The molecule has 3 aromatic heterocycles. The zero-order chi connectivity index (χ0) is 19.6. The van der Waals surface area contributed by atoms with Crippen molar-refractivity contribution in [2.24, 2.45) is 0 Å². The first kappa shape index (κ1) is 19.0. The Labute approximate surface area is 168 Å². The highest BCUT2D eigenvalue weighted by Gasteiger charge is 2.27. The van der Waals surface area contributed by atoms with E-state index in [0.29, 0.717) is 34.8 Å². The molecule has 1 saturated heterocycles. The summed E-state index contributed by atoms with van der Waals surface area (Å²) in [6.45, 7) is 3.15. The lowest BCUT2D eigenvalue weighted by molar-refractivity contribution is 0.347. The van der Waals surface area contributed by atoms with Crippen LogP contribution in [0.2, 0.25) is 0 Å². The molecular formula is C19H21N5O2S2. The molecule has 1 aliphatic heterocycles. The summed E-state index contributed by atoms with van der Waals surface area (Å²) in [5, 5.41) is 3.12. The van der Waals surface area contributed by atoms with Crippen molar-refractivity contribution in [3.63, 3.8) is 0 Å². The van der Waals surface area contributed by atoms with E-state index in [1.54, 1.807) is 34.9 Å². The van der Waals surface area contributed by atoms with Crippen LogP contribution in [-0.2, 0) is 10.0 Å². The highest BCUT2D eigenvalue weighted by molar-refractivity contribution is 7.91. The first-order valence-corrected chi connectivity index (χ1v) is 11.4. The van der Waals surface area contributed by atoms with E-state index in [2.05, 4.69) is 20.3 Å². The summed E-state index contributed by atoms with van der Waals surface area (Å²) in [5.74, 6) is 1.12. The van der Waals surface area contributed by atoms with Crippen LogP contribution >= 0.6 is 11.3 Å². The van der Waals surface area contributed by atoms with Gasteiger partial charge in [0.15, 0.2) is 0 Å². The number of hydrogen-bond donors (Lipinski definition) is 1. The van der Waals surface area contributed by atoms with Crippen molar-refractivity contribution in [1.29, 1.82) is 0 Å². The van der Waals surface area contributed by atoms with Gasteiger partial charge >= 0.3 is 0 Å². The number of nitrogens with zero attached hydrogens (tertiary/aromatic N) is 4. The number of hydrogen-bond acceptors (Lipinski definition) is 7. The number of piperidine rings is 1. The first-order valence-electron chi connectivity index (χ1n) is 9.16. The van der Waals surface area contributed by atoms with E-state index in [9.17, 15) is 8.42 Å². The average Bonchev–Trinajstić information content (AvgIpc) is 3.22. The standard InChI is InChI=1S/C19H21N5O2S2/c1-14-6-5-10-20-18(14)23-19-21-11-9-15(22-19)16-7-8-17(27-16)28(25,26)24-12-3-2-4-13-24/h5-11H,2-4,12-13H2,1H3,(H,20,21,22,23). The van der Waals surface area contributed by atoms with Gasteiger partial charge in [-0.2, -0.15) is 4.31 Å². The molecule has 1 N–H and O–H groups in total. The van der Waals surface area contributed by atoms with Crippen molar-refractivity contribution in [2.45, 2.75) is 30.4 Å². The molecule has 0 aromatic carbocycles. The maximum Gasteiger partial charge on any atom is 0.252 e. The highest BCUT2D eigenvalue weighted by Crippen LogP contribution is 2.32. The van der Waals surface area contributed by atoms with Crippen molar-refractivity contribution in [3.05, 3.63) is 48.3 Å². The lowest BCUT2D eigenvalue weighted by Crippen LogP contribution is -2.35. The maximum absolute atomic E-state index is 12.9. The van der Waals surface area contributed by atoms with Gasteiger partial charge in [-0.15, -0.1) is 11.3 Å². The van der Waals surface area contributed by atoms with E-state index in [1.165, 1.54) is 11.3 Å². The number of thiophene rings is 1. The van der Waals surface area contributed by atoms with E-state index in [0.717, 1.165) is 29.7 Å². The minimum Gasteiger partial charge on any atom is -0.309 e. The van der Waals surface area contributed by atoms with Gasteiger partial charge in [-0.3, -0.25) is 0 Å². The SMILES string of the molecule is Cc1cccnc1Nc1nccc(-c2ccc(S(=O)(=O)N3CCCCC3)s2)n1. The number of nitrogens with one attached hydrogen (secondary N) is 1. The zero-order valence-electron chi connectivity index (χ0n) is 15.5. The summed E-state index contributed by atoms with van der Waals surface area (Å²) < 4.78 is 27.7. The fraction of sp³-hybridized carbons (Fsp3) is 0.316. The van der Waals surface area contributed by atoms with E-state index in [1.807, 2.05) is 19.1 Å². The summed E-state index contributed by atoms with van der Waals surface area (Å²) in [6, 6.07) is 9.07. The summed E-state index contributed by atoms with van der Waals surface area (Å²) in [7, 11) is -3.43. The third-order valence-corrected chi connectivity index (χ3v) is 8.11. The number of aromatic nitrogens is 3. The summed E-state index contributed by atoms with van der Waals surface area (Å²) in [4.78, 5) is 13.9. The summed E-state index contributed by atoms with van der Waals surface area (Å²) >= 11 is 1.24. The molecule has 3 aromatic rings. The molecular weight excluding hydrogens is 394 g/mol. The summed E-state index contributed by atoms with van der Waals surface area (Å²) in [5.41, 5.74) is 1.67. The topological polar surface area (TPSA) is 88.1 Å². The van der Waals surface area contributed by atoms with Gasteiger partial charge < -0.3 is 5.32 Å². The van der Waals surface area contributed by atoms with Crippen LogP contribution in [0.25, 0.3) is 10.6 Å². The van der Waals surface area contributed by atoms with E-state index in [-0.39, 0.29) is 0 Å². The van der Waals surface area contributed by atoms with Crippen LogP contribution in [0.4, 0.5) is 11.8 Å². The van der Waals surface area contributed by atoms with Crippen LogP contribution in [0.1, 0.15) is 24.8 Å². The van der Waals surface area contributed by atoms with Crippen molar-refractivity contribution in [1.82, 2.24) is 19.3 Å². The van der Waals surface area contributed by atoms with E-state index < -0.39 is 10.0 Å². The fourth-order valence-electron chi connectivity index (χ4n) is 3.11. The third kappa shape index (κ3) is 3.91. The van der Waals surface area contributed by atoms with Crippen molar-refractivity contribution in [2.75, 3.05) is 18.4 Å². The predicted octanol–water partition coefficient (Wildman–Crippen LogP) is 3.83. The van der Waals surface area contributed by atoms with Crippen molar-refractivity contribution < 1.29 is 8.42 Å². The molecule has 0 spiro atoms. The Bertz CT molecular complexity index is 1080. The molecule has 0 aliphatic carbocycles. The summed E-state index contributed by atoms with van der Waals surface area (Å²) in [6.07, 6.45) is 6.29. The quantitative estimate of drug-likeness (QED) is 0.681. The van der Waals surface area contributed by atoms with Gasteiger partial charge in [-0.1, -0.05) is 12.5 Å². The van der Waals surface area contributed by atoms with Crippen LogP contribution in [0.3, 0.4) is 0 Å². The van der Waals surface area contributed by atoms with Gasteiger partial charge in [0.1, 0.15) is 10.0 Å². The van der Waals surface area contributed by atoms with Crippen molar-refractivity contribution in [3.8, 4) is 10.6 Å². The lowest BCUT2D eigenvalue weighted by atomic mass is 10.2. The van der Waals surface area contributed by atoms with Crippen LogP contribution in [-0.4, -0.2) is 40.8 Å². The second-order valence-corrected chi connectivity index (χ2v) is 9.89. The molecule has 4 heterocycles. The molecule has 28 heavy (non-hydrogen) atoms. The van der Waals surface area contributed by atoms with Gasteiger partial charge in [-0.05, 0) is 49.6 Å². The Balaban J connectivity index is 1.58. The largest absolute Gasteiger partial charge is 0.309 e. The van der Waals surface area contributed by atoms with Gasteiger partial charge in [0.05, 0.1) is 10.6 Å². The number of sulfonamides is 1. The Morgan fingerprint density at radius 2 is 1.86 bits per heavy atom. The second kappa shape index (κ2) is 7.94. The zero-order valence-corrected chi connectivity index (χ0v) is 17.1. The molecule has 7 nitrogen and oxygen atoms in total. The van der Waals surface area contributed by atoms with Crippen LogP contribution in [0.15, 0.2) is 46.9 Å². The smallest absolute Gasteiger partial charge is 0.252 e. The molecule has 4 rings (SSSR count). The molecule has 146 valence electrons. The Morgan fingerprint density at radius 1 is 1.04 bits per heavy atom. The molecule has 0 bridgehead atoms. The van der Waals surface area contributed by atoms with E-state index in [4.69, 9.17) is 0 Å². The second-order valence-electron chi connectivity index (χ2n) is 6.64. The number of aryl methyl sites for hydroxylation is 1. The Hall–Kier alpha value is -2.36. The normalized spacial score (nSPS) is 15.5. The number of anilines is 2. The van der Waals surface area contributed by atoms with Crippen molar-refractivity contribution >= 4 is 33.1 Å². The first-order chi connectivity index (χ1) is 13.5. The van der Waals surface area contributed by atoms with Gasteiger partial charge in [0.2, 0.25) is 5.95 Å². The molecule has 1 aliphatic rings. The highest BCUT2D eigenvalue weighted by atomic mass is 32.2. The maximum atomic E-state index is 12.9. The van der Waals surface area contributed by atoms with Crippen LogP contribution in [0, 0.1) is 6.92 Å². The number of pyridine rings is 1. The minimum atomic E-state index is -3.43. The van der Waals surface area contributed by atoms with Gasteiger partial charge in [0, 0.05) is 25.5 Å². The third-order valence-electron chi connectivity index (χ3n) is 4.64. The Morgan fingerprint density at radius 3 is 2.64 bits per heavy atom. The van der Waals surface area contributed by atoms with Gasteiger partial charge in [-0.25, -0.2) is 23.4 Å². The molecule has 0 saturated carbocycles. The Kier molecular flexibility index (Phi) is 5.38. The molecule has 0 unspecified atom stereocenters. The van der Waals surface area contributed by atoms with Crippen LogP contribution in [0.5, 0.6) is 0 Å². The fourth-order valence-corrected chi connectivity index (χ4v) is 6.05. The predicted molar refractivity (Wildman–Crippen MR) is 110 cm³/mol.